The lowest BCUT2D eigenvalue weighted by atomic mass is 10.1. The van der Waals surface area contributed by atoms with Gasteiger partial charge in [-0.15, -0.1) is 0 Å². The van der Waals surface area contributed by atoms with E-state index in [9.17, 15) is 5.11 Å². The minimum Gasteiger partial charge on any atom is -0.389 e. The second-order valence-electron chi connectivity index (χ2n) is 3.77. The number of pyridine rings is 1. The summed E-state index contributed by atoms with van der Waals surface area (Å²) >= 11 is 5.76. The third kappa shape index (κ3) is 2.60. The van der Waals surface area contributed by atoms with Gasteiger partial charge < -0.3 is 5.11 Å². The fourth-order valence-electron chi connectivity index (χ4n) is 1.52. The molecule has 17 heavy (non-hydrogen) atoms. The Kier molecular flexibility index (Phi) is 3.36. The van der Waals surface area contributed by atoms with Crippen molar-refractivity contribution < 1.29 is 5.11 Å². The third-order valence-corrected chi connectivity index (χ3v) is 2.65. The van der Waals surface area contributed by atoms with Crippen molar-refractivity contribution in [3.63, 3.8) is 0 Å². The second kappa shape index (κ2) is 4.77. The van der Waals surface area contributed by atoms with E-state index in [-0.39, 0.29) is 0 Å². The number of aliphatic hydroxyl groups is 1. The SMILES string of the molecule is Cc1nc(-c2ccc(Cl)cn2)ncc1C(C)O. The molecule has 0 saturated heterocycles. The Labute approximate surface area is 104 Å². The number of nitrogens with zero attached hydrogens (tertiary/aromatic N) is 3. The van der Waals surface area contributed by atoms with Crippen molar-refractivity contribution in [3.8, 4) is 11.5 Å². The van der Waals surface area contributed by atoms with Gasteiger partial charge in [0.15, 0.2) is 5.82 Å². The molecule has 1 atom stereocenters. The smallest absolute Gasteiger partial charge is 0.178 e. The quantitative estimate of drug-likeness (QED) is 0.889. The first-order chi connectivity index (χ1) is 8.08. The van der Waals surface area contributed by atoms with Crippen LogP contribution in [0.3, 0.4) is 0 Å². The largest absolute Gasteiger partial charge is 0.389 e. The summed E-state index contributed by atoms with van der Waals surface area (Å²) in [6, 6.07) is 3.50. The first-order valence-corrected chi connectivity index (χ1v) is 5.59. The molecule has 0 radical (unpaired) electrons. The van der Waals surface area contributed by atoms with Gasteiger partial charge in [0.25, 0.3) is 0 Å². The van der Waals surface area contributed by atoms with Crippen LogP contribution >= 0.6 is 11.6 Å². The molecule has 0 aliphatic rings. The van der Waals surface area contributed by atoms with Gasteiger partial charge in [0.05, 0.1) is 11.1 Å². The summed E-state index contributed by atoms with van der Waals surface area (Å²) < 4.78 is 0. The van der Waals surface area contributed by atoms with Crippen LogP contribution in [0.15, 0.2) is 24.5 Å². The van der Waals surface area contributed by atoms with Gasteiger partial charge in [-0.05, 0) is 26.0 Å². The van der Waals surface area contributed by atoms with Crippen LogP contribution in [0.2, 0.25) is 5.02 Å². The van der Waals surface area contributed by atoms with E-state index in [1.165, 1.54) is 0 Å². The van der Waals surface area contributed by atoms with Gasteiger partial charge in [0.2, 0.25) is 0 Å². The van der Waals surface area contributed by atoms with Gasteiger partial charge in [-0.25, -0.2) is 9.97 Å². The van der Waals surface area contributed by atoms with E-state index in [0.717, 1.165) is 11.3 Å². The van der Waals surface area contributed by atoms with Crippen LogP contribution in [-0.2, 0) is 0 Å². The Bertz CT molecular complexity index is 526. The van der Waals surface area contributed by atoms with E-state index in [2.05, 4.69) is 15.0 Å². The predicted molar refractivity (Wildman–Crippen MR) is 65.6 cm³/mol. The van der Waals surface area contributed by atoms with Crippen LogP contribution in [0.4, 0.5) is 0 Å². The molecule has 0 amide bonds. The summed E-state index contributed by atoms with van der Waals surface area (Å²) in [7, 11) is 0. The minimum atomic E-state index is -0.567. The maximum absolute atomic E-state index is 9.49. The summed E-state index contributed by atoms with van der Waals surface area (Å²) in [5.41, 5.74) is 2.14. The van der Waals surface area contributed by atoms with Crippen LogP contribution in [0.1, 0.15) is 24.3 Å². The zero-order chi connectivity index (χ0) is 12.4. The molecule has 0 fully saturated rings. The fourth-order valence-corrected chi connectivity index (χ4v) is 1.63. The van der Waals surface area contributed by atoms with Crippen molar-refractivity contribution in [3.05, 3.63) is 40.8 Å². The molecule has 2 aromatic heterocycles. The van der Waals surface area contributed by atoms with Crippen molar-refractivity contribution in [2.75, 3.05) is 0 Å². The number of hydrogen-bond acceptors (Lipinski definition) is 4. The average Bonchev–Trinajstić information content (AvgIpc) is 2.29. The molecule has 0 bridgehead atoms. The first kappa shape index (κ1) is 12.0. The molecule has 0 aromatic carbocycles. The molecule has 2 aromatic rings. The Morgan fingerprint density at radius 1 is 1.24 bits per heavy atom. The number of aliphatic hydroxyl groups excluding tert-OH is 1. The normalized spacial score (nSPS) is 12.5. The van der Waals surface area contributed by atoms with Crippen molar-refractivity contribution in [1.29, 1.82) is 0 Å². The molecule has 0 aliphatic heterocycles. The van der Waals surface area contributed by atoms with Crippen molar-refractivity contribution in [2.24, 2.45) is 0 Å². The predicted octanol–water partition coefficient (Wildman–Crippen LogP) is 2.55. The average molecular weight is 250 g/mol. The summed E-state index contributed by atoms with van der Waals surface area (Å²) in [4.78, 5) is 12.6. The van der Waals surface area contributed by atoms with Gasteiger partial charge in [-0.2, -0.15) is 0 Å². The highest BCUT2D eigenvalue weighted by atomic mass is 35.5. The maximum Gasteiger partial charge on any atom is 0.178 e. The van der Waals surface area contributed by atoms with E-state index in [1.807, 2.05) is 6.92 Å². The molecule has 2 rings (SSSR count). The third-order valence-electron chi connectivity index (χ3n) is 2.42. The maximum atomic E-state index is 9.49. The lowest BCUT2D eigenvalue weighted by Crippen LogP contribution is -2.01. The van der Waals surface area contributed by atoms with E-state index < -0.39 is 6.10 Å². The molecule has 0 aliphatic carbocycles. The van der Waals surface area contributed by atoms with E-state index >= 15 is 0 Å². The summed E-state index contributed by atoms with van der Waals surface area (Å²) in [6.45, 7) is 3.52. The van der Waals surface area contributed by atoms with Crippen LogP contribution in [0.25, 0.3) is 11.5 Å². The molecule has 0 saturated carbocycles. The van der Waals surface area contributed by atoms with Crippen LogP contribution in [0.5, 0.6) is 0 Å². The molecule has 0 spiro atoms. The lowest BCUT2D eigenvalue weighted by Gasteiger charge is -2.08. The van der Waals surface area contributed by atoms with Crippen LogP contribution < -0.4 is 0 Å². The van der Waals surface area contributed by atoms with Crippen molar-refractivity contribution in [2.45, 2.75) is 20.0 Å². The number of rotatable bonds is 2. The molecule has 5 heteroatoms. The number of aryl methyl sites for hydroxylation is 1. The standard InChI is InChI=1S/C12H12ClN3O/c1-7-10(8(2)17)6-15-12(16-7)11-4-3-9(13)5-14-11/h3-6,8,17H,1-2H3. The number of hydrogen-bond donors (Lipinski definition) is 1. The van der Waals surface area contributed by atoms with E-state index in [1.54, 1.807) is 31.5 Å². The lowest BCUT2D eigenvalue weighted by molar-refractivity contribution is 0.197. The molecule has 1 unspecified atom stereocenters. The first-order valence-electron chi connectivity index (χ1n) is 5.21. The summed E-state index contributed by atoms with van der Waals surface area (Å²) in [5, 5.41) is 10.1. The molecule has 4 nitrogen and oxygen atoms in total. The second-order valence-corrected chi connectivity index (χ2v) is 4.21. The van der Waals surface area contributed by atoms with Gasteiger partial charge >= 0.3 is 0 Å². The van der Waals surface area contributed by atoms with Gasteiger partial charge in [-0.1, -0.05) is 11.6 Å². The minimum absolute atomic E-state index is 0.531. The Morgan fingerprint density at radius 2 is 2.00 bits per heavy atom. The number of aromatic nitrogens is 3. The van der Waals surface area contributed by atoms with Crippen molar-refractivity contribution >= 4 is 11.6 Å². The molecular formula is C12H12ClN3O. The van der Waals surface area contributed by atoms with Crippen molar-refractivity contribution in [1.82, 2.24) is 15.0 Å². The van der Waals surface area contributed by atoms with Gasteiger partial charge in [-0.3, -0.25) is 4.98 Å². The van der Waals surface area contributed by atoms with E-state index in [4.69, 9.17) is 11.6 Å². The highest BCUT2D eigenvalue weighted by molar-refractivity contribution is 6.30. The highest BCUT2D eigenvalue weighted by Gasteiger charge is 2.09. The van der Waals surface area contributed by atoms with Gasteiger partial charge in [0, 0.05) is 23.7 Å². The Hall–Kier alpha value is -1.52. The molecule has 2 heterocycles. The molecular weight excluding hydrogens is 238 g/mol. The Morgan fingerprint density at radius 3 is 2.53 bits per heavy atom. The highest BCUT2D eigenvalue weighted by Crippen LogP contribution is 2.19. The van der Waals surface area contributed by atoms with Crippen LogP contribution in [-0.4, -0.2) is 20.1 Å². The summed E-state index contributed by atoms with van der Waals surface area (Å²) in [5.74, 6) is 0.531. The zero-order valence-electron chi connectivity index (χ0n) is 9.55. The molecule has 1 N–H and O–H groups in total. The Balaban J connectivity index is 2.41. The molecule has 88 valence electrons. The zero-order valence-corrected chi connectivity index (χ0v) is 10.3. The van der Waals surface area contributed by atoms with Gasteiger partial charge in [0.1, 0.15) is 5.69 Å². The van der Waals surface area contributed by atoms with Crippen LogP contribution in [0, 0.1) is 6.92 Å². The topological polar surface area (TPSA) is 58.9 Å². The summed E-state index contributed by atoms with van der Waals surface area (Å²) in [6.07, 6.45) is 2.61. The number of halogens is 1. The monoisotopic (exact) mass is 249 g/mol. The van der Waals surface area contributed by atoms with E-state index in [0.29, 0.717) is 16.5 Å². The fraction of sp³-hybridized carbons (Fsp3) is 0.250.